The van der Waals surface area contributed by atoms with E-state index in [-0.39, 0.29) is 22.7 Å². The summed E-state index contributed by atoms with van der Waals surface area (Å²) in [5.74, 6) is 0.651. The van der Waals surface area contributed by atoms with Gasteiger partial charge in [0.25, 0.3) is 5.56 Å². The van der Waals surface area contributed by atoms with Crippen LogP contribution in [0.15, 0.2) is 21.9 Å². The van der Waals surface area contributed by atoms with Crippen molar-refractivity contribution in [3.8, 4) is 0 Å². The lowest BCUT2D eigenvalue weighted by molar-refractivity contribution is 0.149. The van der Waals surface area contributed by atoms with Gasteiger partial charge >= 0.3 is 5.69 Å². The van der Waals surface area contributed by atoms with E-state index in [9.17, 15) is 9.59 Å². The van der Waals surface area contributed by atoms with E-state index in [4.69, 9.17) is 0 Å². The smallest absolute Gasteiger partial charge is 0.291 e. The molecule has 23 heavy (non-hydrogen) atoms. The highest BCUT2D eigenvalue weighted by atomic mass is 16.2. The molecule has 0 bridgehead atoms. The number of H-pyrrole nitrogens is 1. The van der Waals surface area contributed by atoms with Crippen LogP contribution in [0.5, 0.6) is 0 Å². The van der Waals surface area contributed by atoms with Crippen LogP contribution in [0.1, 0.15) is 58.1 Å². The molecular weight excluding hydrogens is 290 g/mol. The Hall–Kier alpha value is -1.91. The van der Waals surface area contributed by atoms with E-state index in [2.05, 4.69) is 30.7 Å². The Labute approximate surface area is 135 Å². The van der Waals surface area contributed by atoms with Crippen molar-refractivity contribution in [1.29, 1.82) is 0 Å². The van der Waals surface area contributed by atoms with Gasteiger partial charge in [0, 0.05) is 12.2 Å². The molecule has 0 aliphatic heterocycles. The Morgan fingerprint density at radius 3 is 2.43 bits per heavy atom. The van der Waals surface area contributed by atoms with Crippen molar-refractivity contribution in [2.75, 3.05) is 0 Å². The third-order valence-electron chi connectivity index (χ3n) is 5.20. The summed E-state index contributed by atoms with van der Waals surface area (Å²) in [5, 5.41) is 0.502. The van der Waals surface area contributed by atoms with Crippen molar-refractivity contribution in [3.63, 3.8) is 0 Å². The summed E-state index contributed by atoms with van der Waals surface area (Å²) in [4.78, 5) is 32.1. The van der Waals surface area contributed by atoms with Crippen molar-refractivity contribution >= 4 is 11.0 Å². The van der Waals surface area contributed by atoms with E-state index in [1.54, 1.807) is 12.3 Å². The number of hydrogen-bond acceptors (Lipinski definition) is 3. The fourth-order valence-electron chi connectivity index (χ4n) is 3.75. The van der Waals surface area contributed by atoms with E-state index in [0.717, 1.165) is 31.2 Å². The molecule has 0 amide bonds. The summed E-state index contributed by atoms with van der Waals surface area (Å²) in [7, 11) is 0. The monoisotopic (exact) mass is 315 g/mol. The molecule has 1 saturated carbocycles. The molecule has 1 N–H and O–H groups in total. The molecular formula is C18H25N3O2. The Bertz CT molecular complexity index is 834. The molecule has 2 heterocycles. The maximum absolute atomic E-state index is 12.8. The average Bonchev–Trinajstić information content (AvgIpc) is 2.48. The predicted molar refractivity (Wildman–Crippen MR) is 91.8 cm³/mol. The maximum atomic E-state index is 12.8. The Morgan fingerprint density at radius 1 is 1.17 bits per heavy atom. The number of pyridine rings is 1. The molecule has 1 aliphatic carbocycles. The summed E-state index contributed by atoms with van der Waals surface area (Å²) >= 11 is 0. The van der Waals surface area contributed by atoms with E-state index >= 15 is 0 Å². The van der Waals surface area contributed by atoms with Gasteiger partial charge in [-0.2, -0.15) is 0 Å². The van der Waals surface area contributed by atoms with Crippen LogP contribution in [0.3, 0.4) is 0 Å². The van der Waals surface area contributed by atoms with Gasteiger partial charge in [-0.15, -0.1) is 0 Å². The van der Waals surface area contributed by atoms with Gasteiger partial charge in [0.2, 0.25) is 0 Å². The molecule has 3 rings (SSSR count). The number of nitrogens with one attached hydrogen (secondary N) is 1. The van der Waals surface area contributed by atoms with Gasteiger partial charge in [-0.05, 0) is 55.6 Å². The summed E-state index contributed by atoms with van der Waals surface area (Å²) in [6, 6.07) is 1.80. The number of nitrogens with zero attached hydrogens (tertiary/aromatic N) is 2. The van der Waals surface area contributed by atoms with Gasteiger partial charge in [0.05, 0.1) is 5.39 Å². The largest absolute Gasteiger partial charge is 0.330 e. The standard InChI is InChI=1S/C18H25N3O2/c1-11-9-14-15(19-10-11)20-17(23)21(16(14)22)13-7-5-12(6-8-13)18(2,3)4/h9-10,12-13H,5-8H2,1-4H3,(H,19,20,23). The SMILES string of the molecule is Cc1cnc2[nH]c(=O)n(C3CCC(C(C)(C)C)CC3)c(=O)c2c1. The first-order valence-electron chi connectivity index (χ1n) is 8.38. The maximum Gasteiger partial charge on any atom is 0.330 e. The fourth-order valence-corrected chi connectivity index (χ4v) is 3.75. The van der Waals surface area contributed by atoms with Crippen molar-refractivity contribution < 1.29 is 0 Å². The quantitative estimate of drug-likeness (QED) is 0.879. The first kappa shape index (κ1) is 16.0. The third kappa shape index (κ3) is 2.96. The Kier molecular flexibility index (Phi) is 3.90. The summed E-state index contributed by atoms with van der Waals surface area (Å²) in [6.07, 6.45) is 5.55. The van der Waals surface area contributed by atoms with Crippen molar-refractivity contribution in [1.82, 2.24) is 14.5 Å². The minimum atomic E-state index is -0.335. The molecule has 0 atom stereocenters. The van der Waals surface area contributed by atoms with Crippen LogP contribution < -0.4 is 11.2 Å². The van der Waals surface area contributed by atoms with Crippen molar-refractivity contribution in [2.24, 2.45) is 11.3 Å². The van der Waals surface area contributed by atoms with Gasteiger partial charge in [0.1, 0.15) is 5.65 Å². The highest BCUT2D eigenvalue weighted by Crippen LogP contribution is 2.40. The molecule has 5 heteroatoms. The Balaban J connectivity index is 1.98. The molecule has 1 fully saturated rings. The van der Waals surface area contributed by atoms with Crippen molar-refractivity contribution in [3.05, 3.63) is 38.7 Å². The number of hydrogen-bond donors (Lipinski definition) is 1. The van der Waals surface area contributed by atoms with Crippen LogP contribution in [0, 0.1) is 18.3 Å². The molecule has 2 aromatic heterocycles. The van der Waals surface area contributed by atoms with Crippen LogP contribution in [-0.2, 0) is 0 Å². The lowest BCUT2D eigenvalue weighted by Gasteiger charge is -2.37. The first-order valence-corrected chi connectivity index (χ1v) is 8.38. The molecule has 0 spiro atoms. The number of aryl methyl sites for hydroxylation is 1. The van der Waals surface area contributed by atoms with Crippen LogP contribution in [0.25, 0.3) is 11.0 Å². The predicted octanol–water partition coefficient (Wildman–Crippen LogP) is 3.17. The second kappa shape index (κ2) is 5.62. The third-order valence-corrected chi connectivity index (χ3v) is 5.20. The second-order valence-electron chi connectivity index (χ2n) is 7.89. The fraction of sp³-hybridized carbons (Fsp3) is 0.611. The van der Waals surface area contributed by atoms with E-state index < -0.39 is 0 Å². The van der Waals surface area contributed by atoms with Gasteiger partial charge in [0.15, 0.2) is 0 Å². The molecule has 0 unspecified atom stereocenters. The van der Waals surface area contributed by atoms with E-state index in [1.807, 2.05) is 6.92 Å². The van der Waals surface area contributed by atoms with E-state index in [1.165, 1.54) is 4.57 Å². The van der Waals surface area contributed by atoms with Gasteiger partial charge < -0.3 is 0 Å². The highest BCUT2D eigenvalue weighted by molar-refractivity contribution is 5.73. The summed E-state index contributed by atoms with van der Waals surface area (Å²) in [5.41, 5.74) is 1.04. The molecule has 5 nitrogen and oxygen atoms in total. The van der Waals surface area contributed by atoms with Gasteiger partial charge in [-0.1, -0.05) is 20.8 Å². The lowest BCUT2D eigenvalue weighted by Crippen LogP contribution is -2.40. The molecule has 2 aromatic rings. The number of fused-ring (bicyclic) bond motifs is 1. The van der Waals surface area contributed by atoms with Gasteiger partial charge in [-0.3, -0.25) is 14.3 Å². The van der Waals surface area contributed by atoms with E-state index in [0.29, 0.717) is 17.0 Å². The van der Waals surface area contributed by atoms with Crippen LogP contribution >= 0.6 is 0 Å². The lowest BCUT2D eigenvalue weighted by atomic mass is 9.71. The van der Waals surface area contributed by atoms with Crippen LogP contribution in [0.4, 0.5) is 0 Å². The molecule has 124 valence electrons. The topological polar surface area (TPSA) is 67.8 Å². The summed E-state index contributed by atoms with van der Waals surface area (Å²) in [6.45, 7) is 8.69. The zero-order chi connectivity index (χ0) is 16.8. The first-order chi connectivity index (χ1) is 10.8. The van der Waals surface area contributed by atoms with Crippen LogP contribution in [0.2, 0.25) is 0 Å². The number of aromatic nitrogens is 3. The molecule has 0 aromatic carbocycles. The minimum Gasteiger partial charge on any atom is -0.291 e. The molecule has 1 aliphatic rings. The van der Waals surface area contributed by atoms with Crippen LogP contribution in [-0.4, -0.2) is 14.5 Å². The second-order valence-corrected chi connectivity index (χ2v) is 7.89. The average molecular weight is 315 g/mol. The molecule has 0 saturated heterocycles. The Morgan fingerprint density at radius 2 is 1.83 bits per heavy atom. The number of aromatic amines is 1. The minimum absolute atomic E-state index is 0.00485. The molecule has 0 radical (unpaired) electrons. The zero-order valence-corrected chi connectivity index (χ0v) is 14.3. The normalized spacial score (nSPS) is 22.4. The zero-order valence-electron chi connectivity index (χ0n) is 14.3. The highest BCUT2D eigenvalue weighted by Gasteiger charge is 2.31. The van der Waals surface area contributed by atoms with Gasteiger partial charge in [-0.25, -0.2) is 9.78 Å². The number of rotatable bonds is 1. The summed E-state index contributed by atoms with van der Waals surface area (Å²) < 4.78 is 1.42. The van der Waals surface area contributed by atoms with Crippen molar-refractivity contribution in [2.45, 2.75) is 59.4 Å².